The summed E-state index contributed by atoms with van der Waals surface area (Å²) in [5.41, 5.74) is 1.34. The van der Waals surface area contributed by atoms with E-state index in [2.05, 4.69) is 10.6 Å². The molecule has 2 amide bonds. The second-order valence-electron chi connectivity index (χ2n) is 5.38. The number of nitrogens with two attached hydrogens (primary N) is 2. The number of amides is 2. The van der Waals surface area contributed by atoms with Crippen molar-refractivity contribution in [2.24, 2.45) is 10.3 Å². The number of hydrogen-bond donors (Lipinski definition) is 4. The molecule has 0 bridgehead atoms. The van der Waals surface area contributed by atoms with Crippen molar-refractivity contribution < 1.29 is 21.6 Å². The molecule has 6 N–H and O–H groups in total. The summed E-state index contributed by atoms with van der Waals surface area (Å²) in [5.74, 6) is 0. The van der Waals surface area contributed by atoms with E-state index < -0.39 is 35.9 Å². The third kappa shape index (κ3) is 5.02. The maximum atomic E-state index is 12.1. The number of aryl methyl sites for hydroxylation is 1. The zero-order valence-electron chi connectivity index (χ0n) is 13.8. The van der Waals surface area contributed by atoms with Gasteiger partial charge in [0.05, 0.1) is 10.6 Å². The number of benzene rings is 2. The van der Waals surface area contributed by atoms with Crippen LogP contribution in [0.2, 0.25) is 0 Å². The molecule has 0 heterocycles. The van der Waals surface area contributed by atoms with Crippen molar-refractivity contribution in [3.8, 4) is 0 Å². The van der Waals surface area contributed by atoms with Crippen molar-refractivity contribution in [2.75, 3.05) is 10.6 Å². The van der Waals surface area contributed by atoms with Crippen LogP contribution in [0.3, 0.4) is 0 Å². The first kappa shape index (κ1) is 19.8. The highest BCUT2D eigenvalue weighted by molar-refractivity contribution is 7.90. The smallest absolute Gasteiger partial charge is 0.308 e. The highest BCUT2D eigenvalue weighted by Gasteiger charge is 2.20. The number of urea groups is 1. The molecule has 0 aromatic heterocycles. The number of anilines is 2. The summed E-state index contributed by atoms with van der Waals surface area (Å²) in [6, 6.07) is 9.34. The zero-order chi connectivity index (χ0) is 19.5. The van der Waals surface area contributed by atoms with Gasteiger partial charge in [0.2, 0.25) is 20.0 Å². The van der Waals surface area contributed by atoms with E-state index in [-0.39, 0.29) is 5.69 Å². The molecule has 9 nitrogen and oxygen atoms in total. The second kappa shape index (κ2) is 7.41. The van der Waals surface area contributed by atoms with Crippen molar-refractivity contribution in [1.29, 1.82) is 0 Å². The van der Waals surface area contributed by atoms with Gasteiger partial charge in [0.25, 0.3) is 0 Å². The van der Waals surface area contributed by atoms with Gasteiger partial charge in [-0.2, -0.15) is 0 Å². The summed E-state index contributed by atoms with van der Waals surface area (Å²) in [6.45, 7) is 1.96. The molecule has 0 radical (unpaired) electrons. The first-order valence-corrected chi connectivity index (χ1v) is 10.5. The third-order valence-electron chi connectivity index (χ3n) is 3.43. The van der Waals surface area contributed by atoms with Crippen LogP contribution < -0.4 is 20.9 Å². The lowest BCUT2D eigenvalue weighted by Gasteiger charge is -2.12. The van der Waals surface area contributed by atoms with Gasteiger partial charge in [-0.1, -0.05) is 19.1 Å². The van der Waals surface area contributed by atoms with Gasteiger partial charge >= 0.3 is 6.03 Å². The number of rotatable bonds is 5. The van der Waals surface area contributed by atoms with Crippen molar-refractivity contribution in [2.45, 2.75) is 23.1 Å². The molecule has 0 aliphatic carbocycles. The van der Waals surface area contributed by atoms with Gasteiger partial charge in [0, 0.05) is 5.69 Å². The van der Waals surface area contributed by atoms with Crippen molar-refractivity contribution in [3.05, 3.63) is 48.0 Å². The Bertz CT molecular complexity index is 1050. The maximum absolute atomic E-state index is 12.1. The number of carbonyl (C=O) groups is 1. The quantitative estimate of drug-likeness (QED) is 0.594. The highest BCUT2D eigenvalue weighted by Crippen LogP contribution is 2.24. The Kier molecular flexibility index (Phi) is 5.66. The van der Waals surface area contributed by atoms with Gasteiger partial charge < -0.3 is 10.6 Å². The normalized spacial score (nSPS) is 11.8. The standard InChI is InChI=1S/C15H18N4O5S2/c1-2-10-4-3-5-11(8-10)18-15(20)19-13-7-6-12(25(16,21)22)9-14(13)26(17,23)24/h3-9H,2H2,1H3,(H2,16,21,22)(H2,17,23,24)(H2,18,19,20). The molecule has 0 saturated heterocycles. The van der Waals surface area contributed by atoms with E-state index >= 15 is 0 Å². The lowest BCUT2D eigenvalue weighted by atomic mass is 10.1. The van der Waals surface area contributed by atoms with Crippen LogP contribution in [-0.4, -0.2) is 22.9 Å². The average molecular weight is 398 g/mol. The predicted octanol–water partition coefficient (Wildman–Crippen LogP) is 1.19. The van der Waals surface area contributed by atoms with Crippen LogP contribution in [-0.2, 0) is 26.5 Å². The van der Waals surface area contributed by atoms with Crippen LogP contribution in [0.1, 0.15) is 12.5 Å². The van der Waals surface area contributed by atoms with E-state index in [4.69, 9.17) is 10.3 Å². The molecule has 0 saturated carbocycles. The Morgan fingerprint density at radius 3 is 2.23 bits per heavy atom. The molecule has 0 spiro atoms. The van der Waals surface area contributed by atoms with Crippen molar-refractivity contribution in [3.63, 3.8) is 0 Å². The van der Waals surface area contributed by atoms with Crippen LogP contribution in [0.5, 0.6) is 0 Å². The van der Waals surface area contributed by atoms with Gasteiger partial charge in [0.1, 0.15) is 4.90 Å². The maximum Gasteiger partial charge on any atom is 0.323 e. The molecule has 0 atom stereocenters. The molecule has 140 valence electrons. The summed E-state index contributed by atoms with van der Waals surface area (Å²) >= 11 is 0. The van der Waals surface area contributed by atoms with Gasteiger partial charge in [0.15, 0.2) is 0 Å². The van der Waals surface area contributed by atoms with Gasteiger partial charge in [-0.25, -0.2) is 31.9 Å². The van der Waals surface area contributed by atoms with Crippen molar-refractivity contribution >= 4 is 37.5 Å². The Hall–Kier alpha value is -2.47. The first-order valence-electron chi connectivity index (χ1n) is 7.37. The van der Waals surface area contributed by atoms with Gasteiger partial charge in [-0.3, -0.25) is 0 Å². The topological polar surface area (TPSA) is 161 Å². The average Bonchev–Trinajstić information content (AvgIpc) is 2.53. The summed E-state index contributed by atoms with van der Waals surface area (Å²) in [7, 11) is -8.44. The van der Waals surface area contributed by atoms with Gasteiger partial charge in [-0.15, -0.1) is 0 Å². The number of hydrogen-bond acceptors (Lipinski definition) is 5. The number of nitrogens with one attached hydrogen (secondary N) is 2. The molecule has 0 fully saturated rings. The fourth-order valence-corrected chi connectivity index (χ4v) is 3.50. The number of sulfonamides is 2. The van der Waals surface area contributed by atoms with E-state index in [1.165, 1.54) is 0 Å². The van der Waals surface area contributed by atoms with E-state index in [1.807, 2.05) is 13.0 Å². The summed E-state index contributed by atoms with van der Waals surface area (Å²) < 4.78 is 46.2. The lowest BCUT2D eigenvalue weighted by Crippen LogP contribution is -2.23. The molecule has 0 unspecified atom stereocenters. The largest absolute Gasteiger partial charge is 0.323 e. The minimum atomic E-state index is -4.31. The predicted molar refractivity (Wildman–Crippen MR) is 97.6 cm³/mol. The van der Waals surface area contributed by atoms with Gasteiger partial charge in [-0.05, 0) is 42.3 Å². The van der Waals surface area contributed by atoms with Crippen LogP contribution in [0.4, 0.5) is 16.2 Å². The van der Waals surface area contributed by atoms with Crippen LogP contribution >= 0.6 is 0 Å². The number of carbonyl (C=O) groups excluding carboxylic acids is 1. The molecule has 0 aliphatic rings. The van der Waals surface area contributed by atoms with Crippen LogP contribution in [0.15, 0.2) is 52.3 Å². The Morgan fingerprint density at radius 1 is 0.962 bits per heavy atom. The summed E-state index contributed by atoms with van der Waals surface area (Å²) in [5, 5.41) is 15.0. The fourth-order valence-electron chi connectivity index (χ4n) is 2.17. The monoisotopic (exact) mass is 398 g/mol. The minimum Gasteiger partial charge on any atom is -0.308 e. The van der Waals surface area contributed by atoms with E-state index in [9.17, 15) is 21.6 Å². The minimum absolute atomic E-state index is 0.177. The molecule has 0 aliphatic heterocycles. The molecular formula is C15H18N4O5S2. The Balaban J connectivity index is 2.32. The highest BCUT2D eigenvalue weighted by atomic mass is 32.2. The third-order valence-corrected chi connectivity index (χ3v) is 5.29. The first-order chi connectivity index (χ1) is 12.0. The fraction of sp³-hybridized carbons (Fsp3) is 0.133. The van der Waals surface area contributed by atoms with Crippen LogP contribution in [0, 0.1) is 0 Å². The summed E-state index contributed by atoms with van der Waals surface area (Å²) in [4.78, 5) is 11.1. The SMILES string of the molecule is CCc1cccc(NC(=O)Nc2ccc(S(N)(=O)=O)cc2S(N)(=O)=O)c1. The van der Waals surface area contributed by atoms with E-state index in [0.29, 0.717) is 5.69 Å². The molecule has 2 aromatic rings. The molecule has 26 heavy (non-hydrogen) atoms. The Morgan fingerprint density at radius 2 is 1.65 bits per heavy atom. The van der Waals surface area contributed by atoms with E-state index in [1.54, 1.807) is 18.2 Å². The van der Waals surface area contributed by atoms with Crippen LogP contribution in [0.25, 0.3) is 0 Å². The Labute approximate surface area is 151 Å². The van der Waals surface area contributed by atoms with E-state index in [0.717, 1.165) is 30.2 Å². The van der Waals surface area contributed by atoms with Crippen molar-refractivity contribution in [1.82, 2.24) is 0 Å². The molecule has 2 rings (SSSR count). The molecular weight excluding hydrogens is 380 g/mol. The molecule has 11 heteroatoms. The lowest BCUT2D eigenvalue weighted by molar-refractivity contribution is 0.262. The molecule has 2 aromatic carbocycles. The number of primary sulfonamides is 2. The zero-order valence-corrected chi connectivity index (χ0v) is 15.4. The summed E-state index contributed by atoms with van der Waals surface area (Å²) in [6.07, 6.45) is 0.779. The second-order valence-corrected chi connectivity index (χ2v) is 8.47.